The minimum Gasteiger partial charge on any atom is -0.380 e. The minimum absolute atomic E-state index is 0.0733. The molecule has 2 unspecified atom stereocenters. The van der Waals surface area contributed by atoms with Gasteiger partial charge in [0.2, 0.25) is 5.96 Å². The molecule has 0 spiro atoms. The molecule has 3 rings (SSSR count). The van der Waals surface area contributed by atoms with E-state index in [1.54, 1.807) is 4.67 Å². The molecular formula is C23H44B2N5O5P. The van der Waals surface area contributed by atoms with E-state index >= 15 is 0 Å². The Hall–Kier alpha value is -0.610. The summed E-state index contributed by atoms with van der Waals surface area (Å²) in [6.45, 7) is 16.2. The van der Waals surface area contributed by atoms with E-state index in [9.17, 15) is 4.57 Å². The second-order valence-electron chi connectivity index (χ2n) is 12.0. The van der Waals surface area contributed by atoms with E-state index in [1.807, 2.05) is 44.7 Å². The first-order chi connectivity index (χ1) is 16.6. The number of hydrogen-bond donors (Lipinski definition) is 0. The number of likely N-dealkylation sites (N-methyl/N-ethyl adjacent to an activating group) is 2. The Morgan fingerprint density at radius 1 is 0.917 bits per heavy atom. The number of nitrogens with zero attached hydrogens (tertiary/aromatic N) is 5. The van der Waals surface area contributed by atoms with Crippen molar-refractivity contribution in [1.82, 2.24) is 19.4 Å². The molecule has 3 aliphatic rings. The average molecular weight is 523 g/mol. The van der Waals surface area contributed by atoms with Crippen molar-refractivity contribution < 1.29 is 23.3 Å². The normalized spacial score (nSPS) is 31.1. The van der Waals surface area contributed by atoms with Gasteiger partial charge in [-0.25, -0.2) is 9.24 Å². The molecule has 3 aliphatic heterocycles. The molecule has 13 heteroatoms. The molecule has 3 fully saturated rings. The van der Waals surface area contributed by atoms with E-state index in [0.717, 1.165) is 13.1 Å². The molecule has 5 atom stereocenters. The highest BCUT2D eigenvalue weighted by atomic mass is 31.2. The zero-order valence-corrected chi connectivity index (χ0v) is 24.2. The zero-order valence-electron chi connectivity index (χ0n) is 23.3. The van der Waals surface area contributed by atoms with Gasteiger partial charge in [0.1, 0.15) is 15.7 Å². The second kappa shape index (κ2) is 11.6. The van der Waals surface area contributed by atoms with E-state index < -0.39 is 19.7 Å². The Morgan fingerprint density at radius 3 is 2.03 bits per heavy atom. The van der Waals surface area contributed by atoms with Crippen molar-refractivity contribution >= 4 is 29.3 Å². The van der Waals surface area contributed by atoms with Crippen molar-refractivity contribution in [2.45, 2.75) is 76.9 Å². The van der Waals surface area contributed by atoms with Gasteiger partial charge in [0.25, 0.3) is 0 Å². The summed E-state index contributed by atoms with van der Waals surface area (Å²) in [7, 11) is 12.5. The van der Waals surface area contributed by atoms with Crippen LogP contribution in [0.5, 0.6) is 0 Å². The fourth-order valence-electron chi connectivity index (χ4n) is 4.41. The van der Waals surface area contributed by atoms with E-state index in [0.29, 0.717) is 32.2 Å². The highest BCUT2D eigenvalue weighted by Gasteiger charge is 2.42. The highest BCUT2D eigenvalue weighted by Crippen LogP contribution is 2.54. The third kappa shape index (κ3) is 8.19. The summed E-state index contributed by atoms with van der Waals surface area (Å²) < 4.78 is 44.9. The average Bonchev–Trinajstić information content (AvgIpc) is 3.06. The molecular weight excluding hydrogens is 479 g/mol. The molecule has 0 aromatic heterocycles. The Bertz CT molecular complexity index is 812. The lowest BCUT2D eigenvalue weighted by Gasteiger charge is -2.45. The standard InChI is InChI=1S/C23H44B2N5O5P/c1-22(2,3)29-11-17(34-19(24)13-29)16-33-36(31,26-21-27(7)9-10-28(21)8)30-12-18(35-20(25)14-30)15-32-23(4,5)6/h17-20H,9-16H2,1-8H3/t17?,18?,19-,20-,36-/m1/s1. The SMILES string of the molecule is [B][C@H]1CN(C(C)(C)C)CC(CO[P@](=O)(N=C2N(C)CCN2C)N2CC(COC(C)(C)C)O[C@@H]([B])C2)O1. The lowest BCUT2D eigenvalue weighted by Crippen LogP contribution is -2.56. The third-order valence-electron chi connectivity index (χ3n) is 6.47. The summed E-state index contributed by atoms with van der Waals surface area (Å²) in [5.41, 5.74) is -0.405. The number of rotatable bonds is 7. The van der Waals surface area contributed by atoms with Crippen LogP contribution >= 0.6 is 7.67 Å². The Kier molecular flexibility index (Phi) is 9.68. The first kappa shape index (κ1) is 29.9. The van der Waals surface area contributed by atoms with Crippen LogP contribution in [0, 0.1) is 0 Å². The lowest BCUT2D eigenvalue weighted by molar-refractivity contribution is -0.106. The molecule has 0 N–H and O–H groups in total. The third-order valence-corrected chi connectivity index (χ3v) is 8.43. The molecule has 0 saturated carbocycles. The summed E-state index contributed by atoms with van der Waals surface area (Å²) in [6.07, 6.45) is -0.699. The fraction of sp³-hybridized carbons (Fsp3) is 0.957. The van der Waals surface area contributed by atoms with Crippen molar-refractivity contribution in [1.29, 1.82) is 0 Å². The molecule has 202 valence electrons. The van der Waals surface area contributed by atoms with Gasteiger partial charge in [0, 0.05) is 70.9 Å². The molecule has 4 radical (unpaired) electrons. The van der Waals surface area contributed by atoms with Gasteiger partial charge in [-0.3, -0.25) is 9.42 Å². The van der Waals surface area contributed by atoms with Crippen LogP contribution in [-0.2, 0) is 23.3 Å². The number of guanidine groups is 1. The van der Waals surface area contributed by atoms with Gasteiger partial charge in [-0.15, -0.1) is 0 Å². The zero-order chi connectivity index (χ0) is 26.9. The molecule has 10 nitrogen and oxygen atoms in total. The monoisotopic (exact) mass is 523 g/mol. The highest BCUT2D eigenvalue weighted by molar-refractivity contribution is 7.55. The first-order valence-corrected chi connectivity index (χ1v) is 14.3. The van der Waals surface area contributed by atoms with Gasteiger partial charge in [-0.1, -0.05) is 0 Å². The Balaban J connectivity index is 1.81. The summed E-state index contributed by atoms with van der Waals surface area (Å²) in [5, 5.41) is 0. The fourth-order valence-corrected chi connectivity index (χ4v) is 6.41. The molecule has 0 amide bonds. The van der Waals surface area contributed by atoms with Crippen molar-refractivity contribution in [2.75, 3.05) is 66.6 Å². The van der Waals surface area contributed by atoms with Crippen molar-refractivity contribution in [3.05, 3.63) is 0 Å². The van der Waals surface area contributed by atoms with Gasteiger partial charge < -0.3 is 24.0 Å². The van der Waals surface area contributed by atoms with Gasteiger partial charge >= 0.3 is 7.67 Å². The summed E-state index contributed by atoms with van der Waals surface area (Å²) in [4.78, 5) is 6.21. The van der Waals surface area contributed by atoms with Gasteiger partial charge in [-0.2, -0.15) is 4.76 Å². The molecule has 0 aromatic rings. The van der Waals surface area contributed by atoms with Crippen LogP contribution in [0.3, 0.4) is 0 Å². The van der Waals surface area contributed by atoms with E-state index in [4.69, 9.17) is 39.2 Å². The number of morpholine rings is 2. The minimum atomic E-state index is -3.72. The van der Waals surface area contributed by atoms with Gasteiger partial charge in [0.05, 0.1) is 31.0 Å². The van der Waals surface area contributed by atoms with Crippen LogP contribution in [0.25, 0.3) is 0 Å². The molecule has 0 bridgehead atoms. The van der Waals surface area contributed by atoms with Crippen molar-refractivity contribution in [3.8, 4) is 0 Å². The summed E-state index contributed by atoms with van der Waals surface area (Å²) >= 11 is 0. The summed E-state index contributed by atoms with van der Waals surface area (Å²) in [6, 6.07) is -1.08. The maximum atomic E-state index is 14.5. The topological polar surface area (TPSA) is 79.3 Å². The van der Waals surface area contributed by atoms with E-state index in [2.05, 4.69) is 25.7 Å². The Labute approximate surface area is 220 Å². The van der Waals surface area contributed by atoms with Crippen LogP contribution < -0.4 is 0 Å². The predicted molar refractivity (Wildman–Crippen MR) is 144 cm³/mol. The van der Waals surface area contributed by atoms with E-state index in [1.165, 1.54) is 0 Å². The van der Waals surface area contributed by atoms with Crippen LogP contribution in [-0.4, -0.2) is 143 Å². The van der Waals surface area contributed by atoms with Gasteiger partial charge in [-0.05, 0) is 41.5 Å². The molecule has 36 heavy (non-hydrogen) atoms. The molecule has 3 saturated heterocycles. The van der Waals surface area contributed by atoms with Gasteiger partial charge in [0.15, 0.2) is 0 Å². The maximum Gasteiger partial charge on any atom is 0.392 e. The molecule has 0 aromatic carbocycles. The van der Waals surface area contributed by atoms with Crippen LogP contribution in [0.1, 0.15) is 41.5 Å². The number of ether oxygens (including phenoxy) is 3. The number of hydrogen-bond acceptors (Lipinski definition) is 6. The van der Waals surface area contributed by atoms with Crippen molar-refractivity contribution in [2.24, 2.45) is 4.76 Å². The first-order valence-electron chi connectivity index (χ1n) is 12.8. The Morgan fingerprint density at radius 2 is 1.47 bits per heavy atom. The quantitative estimate of drug-likeness (QED) is 0.363. The van der Waals surface area contributed by atoms with Crippen LogP contribution in [0.2, 0.25) is 0 Å². The van der Waals surface area contributed by atoms with E-state index in [-0.39, 0.29) is 36.5 Å². The molecule has 3 heterocycles. The molecule has 0 aliphatic carbocycles. The van der Waals surface area contributed by atoms with Crippen LogP contribution in [0.15, 0.2) is 4.76 Å². The van der Waals surface area contributed by atoms with Crippen molar-refractivity contribution in [3.63, 3.8) is 0 Å². The second-order valence-corrected chi connectivity index (χ2v) is 14.0. The lowest BCUT2D eigenvalue weighted by atomic mass is 9.94. The van der Waals surface area contributed by atoms with Crippen LogP contribution in [0.4, 0.5) is 0 Å². The smallest absolute Gasteiger partial charge is 0.380 e. The summed E-state index contributed by atoms with van der Waals surface area (Å²) in [5.74, 6) is 0.624. The largest absolute Gasteiger partial charge is 0.392 e. The predicted octanol–water partition coefficient (Wildman–Crippen LogP) is 1.35. The maximum absolute atomic E-state index is 14.5.